The Hall–Kier alpha value is -1.87. The lowest BCUT2D eigenvalue weighted by Gasteiger charge is -2.14. The molecule has 0 bridgehead atoms. The van der Waals surface area contributed by atoms with E-state index >= 15 is 0 Å². The normalized spacial score (nSPS) is 12.0. The van der Waals surface area contributed by atoms with Gasteiger partial charge in [-0.25, -0.2) is 4.39 Å². The van der Waals surface area contributed by atoms with Gasteiger partial charge in [0.2, 0.25) is 0 Å². The van der Waals surface area contributed by atoms with Gasteiger partial charge < -0.3 is 5.32 Å². The van der Waals surface area contributed by atoms with E-state index in [1.165, 1.54) is 12.1 Å². The summed E-state index contributed by atoms with van der Waals surface area (Å²) in [4.78, 5) is 12.1. The third-order valence-electron chi connectivity index (χ3n) is 3.25. The van der Waals surface area contributed by atoms with E-state index in [2.05, 4.69) is 5.32 Å². The molecule has 1 unspecified atom stereocenters. The zero-order chi connectivity index (χ0) is 15.4. The van der Waals surface area contributed by atoms with Crippen LogP contribution in [0.15, 0.2) is 42.5 Å². The molecular weight excluding hydrogens is 289 g/mol. The van der Waals surface area contributed by atoms with Crippen molar-refractivity contribution in [2.45, 2.75) is 26.3 Å². The standard InChI is InChI=1S/C17H17ClFNO/c1-11-9-14(5-8-16(11)19)17(21)20-12(2)10-13-3-6-15(18)7-4-13/h3-9,12H,10H2,1-2H3,(H,20,21). The molecule has 0 saturated carbocycles. The molecule has 0 saturated heterocycles. The van der Waals surface area contributed by atoms with E-state index < -0.39 is 0 Å². The first-order valence-corrected chi connectivity index (χ1v) is 7.15. The molecule has 2 aromatic rings. The summed E-state index contributed by atoms with van der Waals surface area (Å²) >= 11 is 5.84. The molecule has 2 aromatic carbocycles. The molecule has 4 heteroatoms. The number of benzene rings is 2. The molecule has 0 radical (unpaired) electrons. The number of carbonyl (C=O) groups excluding carboxylic acids is 1. The second-order valence-corrected chi connectivity index (χ2v) is 5.61. The Morgan fingerprint density at radius 2 is 1.90 bits per heavy atom. The Morgan fingerprint density at radius 1 is 1.24 bits per heavy atom. The van der Waals surface area contributed by atoms with E-state index in [0.29, 0.717) is 22.6 Å². The fourth-order valence-electron chi connectivity index (χ4n) is 2.12. The first kappa shape index (κ1) is 15.5. The summed E-state index contributed by atoms with van der Waals surface area (Å²) in [6, 6.07) is 11.9. The number of halogens is 2. The molecule has 21 heavy (non-hydrogen) atoms. The summed E-state index contributed by atoms with van der Waals surface area (Å²) < 4.78 is 13.2. The van der Waals surface area contributed by atoms with Crippen LogP contribution < -0.4 is 5.32 Å². The average Bonchev–Trinajstić information content (AvgIpc) is 2.44. The molecule has 0 aliphatic heterocycles. The van der Waals surface area contributed by atoms with Crippen LogP contribution >= 0.6 is 11.6 Å². The zero-order valence-electron chi connectivity index (χ0n) is 12.0. The van der Waals surface area contributed by atoms with E-state index in [1.807, 2.05) is 31.2 Å². The number of hydrogen-bond acceptors (Lipinski definition) is 1. The van der Waals surface area contributed by atoms with Crippen molar-refractivity contribution in [3.63, 3.8) is 0 Å². The Balaban J connectivity index is 1.98. The van der Waals surface area contributed by atoms with Crippen LogP contribution in [0.25, 0.3) is 0 Å². The molecule has 2 nitrogen and oxygen atoms in total. The number of amides is 1. The lowest BCUT2D eigenvalue weighted by Crippen LogP contribution is -2.34. The Labute approximate surface area is 128 Å². The van der Waals surface area contributed by atoms with Gasteiger partial charge in [0, 0.05) is 16.6 Å². The summed E-state index contributed by atoms with van der Waals surface area (Å²) in [5.41, 5.74) is 2.03. The lowest BCUT2D eigenvalue weighted by atomic mass is 10.1. The second kappa shape index (κ2) is 6.72. The van der Waals surface area contributed by atoms with Crippen LogP contribution in [0, 0.1) is 12.7 Å². The monoisotopic (exact) mass is 305 g/mol. The Kier molecular flexibility index (Phi) is 4.97. The maximum atomic E-state index is 13.2. The van der Waals surface area contributed by atoms with E-state index in [0.717, 1.165) is 5.56 Å². The summed E-state index contributed by atoms with van der Waals surface area (Å²) in [5, 5.41) is 3.60. The molecule has 1 N–H and O–H groups in total. The molecule has 110 valence electrons. The maximum absolute atomic E-state index is 13.2. The number of aryl methyl sites for hydroxylation is 1. The van der Waals surface area contributed by atoms with E-state index in [-0.39, 0.29) is 17.8 Å². The van der Waals surface area contributed by atoms with Crippen LogP contribution in [0.1, 0.15) is 28.4 Å². The van der Waals surface area contributed by atoms with Gasteiger partial charge in [-0.15, -0.1) is 0 Å². The van der Waals surface area contributed by atoms with Gasteiger partial charge in [0.15, 0.2) is 0 Å². The summed E-state index contributed by atoms with van der Waals surface area (Å²) in [5.74, 6) is -0.500. The van der Waals surface area contributed by atoms with E-state index in [4.69, 9.17) is 11.6 Å². The largest absolute Gasteiger partial charge is 0.349 e. The minimum Gasteiger partial charge on any atom is -0.349 e. The zero-order valence-corrected chi connectivity index (χ0v) is 12.7. The number of nitrogens with one attached hydrogen (secondary N) is 1. The molecule has 0 fully saturated rings. The molecular formula is C17H17ClFNO. The molecule has 2 rings (SSSR count). The van der Waals surface area contributed by atoms with Gasteiger partial charge in [-0.1, -0.05) is 23.7 Å². The topological polar surface area (TPSA) is 29.1 Å². The molecule has 0 heterocycles. The van der Waals surface area contributed by atoms with Gasteiger partial charge in [-0.3, -0.25) is 4.79 Å². The molecule has 1 atom stereocenters. The highest BCUT2D eigenvalue weighted by atomic mass is 35.5. The van der Waals surface area contributed by atoms with Crippen molar-refractivity contribution in [3.05, 3.63) is 70.0 Å². The lowest BCUT2D eigenvalue weighted by molar-refractivity contribution is 0.0940. The molecule has 0 aromatic heterocycles. The second-order valence-electron chi connectivity index (χ2n) is 5.17. The van der Waals surface area contributed by atoms with Gasteiger partial charge in [0.25, 0.3) is 5.91 Å². The van der Waals surface area contributed by atoms with Crippen molar-refractivity contribution in [2.75, 3.05) is 0 Å². The van der Waals surface area contributed by atoms with Crippen molar-refractivity contribution in [1.29, 1.82) is 0 Å². The maximum Gasteiger partial charge on any atom is 0.251 e. The molecule has 0 aliphatic carbocycles. The van der Waals surface area contributed by atoms with E-state index in [1.54, 1.807) is 13.0 Å². The average molecular weight is 306 g/mol. The predicted molar refractivity (Wildman–Crippen MR) is 83.2 cm³/mol. The fraction of sp³-hybridized carbons (Fsp3) is 0.235. The van der Waals surface area contributed by atoms with Crippen molar-refractivity contribution >= 4 is 17.5 Å². The highest BCUT2D eigenvalue weighted by molar-refractivity contribution is 6.30. The third kappa shape index (κ3) is 4.30. The van der Waals surface area contributed by atoms with Gasteiger partial charge in [-0.05, 0) is 61.7 Å². The van der Waals surface area contributed by atoms with Gasteiger partial charge >= 0.3 is 0 Å². The van der Waals surface area contributed by atoms with Gasteiger partial charge in [-0.2, -0.15) is 0 Å². The number of hydrogen-bond donors (Lipinski definition) is 1. The first-order valence-electron chi connectivity index (χ1n) is 6.77. The Morgan fingerprint density at radius 3 is 2.52 bits per heavy atom. The first-order chi connectivity index (χ1) is 9.95. The van der Waals surface area contributed by atoms with Gasteiger partial charge in [0.05, 0.1) is 0 Å². The summed E-state index contributed by atoms with van der Waals surface area (Å²) in [7, 11) is 0. The van der Waals surface area contributed by atoms with Crippen molar-refractivity contribution < 1.29 is 9.18 Å². The van der Waals surface area contributed by atoms with Crippen LogP contribution in [-0.2, 0) is 6.42 Å². The highest BCUT2D eigenvalue weighted by Gasteiger charge is 2.11. The predicted octanol–water partition coefficient (Wildman–Crippen LogP) is 4.15. The SMILES string of the molecule is Cc1cc(C(=O)NC(C)Cc2ccc(Cl)cc2)ccc1F. The van der Waals surface area contributed by atoms with E-state index in [9.17, 15) is 9.18 Å². The Bertz CT molecular complexity index is 640. The number of carbonyl (C=O) groups is 1. The molecule has 0 spiro atoms. The minimum atomic E-state index is -0.305. The quantitative estimate of drug-likeness (QED) is 0.903. The third-order valence-corrected chi connectivity index (χ3v) is 3.50. The van der Waals surface area contributed by atoms with Crippen LogP contribution in [-0.4, -0.2) is 11.9 Å². The highest BCUT2D eigenvalue weighted by Crippen LogP contribution is 2.12. The molecule has 1 amide bonds. The van der Waals surface area contributed by atoms with Crippen molar-refractivity contribution in [1.82, 2.24) is 5.32 Å². The smallest absolute Gasteiger partial charge is 0.251 e. The fourth-order valence-corrected chi connectivity index (χ4v) is 2.24. The molecule has 0 aliphatic rings. The van der Waals surface area contributed by atoms with Crippen LogP contribution in [0.5, 0.6) is 0 Å². The number of rotatable bonds is 4. The van der Waals surface area contributed by atoms with Crippen molar-refractivity contribution in [3.8, 4) is 0 Å². The van der Waals surface area contributed by atoms with Crippen LogP contribution in [0.2, 0.25) is 5.02 Å². The van der Waals surface area contributed by atoms with Gasteiger partial charge in [0.1, 0.15) is 5.82 Å². The van der Waals surface area contributed by atoms with Crippen molar-refractivity contribution in [2.24, 2.45) is 0 Å². The summed E-state index contributed by atoms with van der Waals surface area (Å²) in [6.07, 6.45) is 0.711. The van der Waals surface area contributed by atoms with Crippen LogP contribution in [0.3, 0.4) is 0 Å². The summed E-state index contributed by atoms with van der Waals surface area (Å²) in [6.45, 7) is 3.58. The van der Waals surface area contributed by atoms with Crippen LogP contribution in [0.4, 0.5) is 4.39 Å². The minimum absolute atomic E-state index is 0.0240.